The van der Waals surface area contributed by atoms with Crippen molar-refractivity contribution in [2.75, 3.05) is 11.1 Å². The first kappa shape index (κ1) is 17.7. The first-order valence-corrected chi connectivity index (χ1v) is 7.23. The molecule has 1 aromatic rings. The van der Waals surface area contributed by atoms with E-state index < -0.39 is 23.9 Å². The molecule has 0 saturated heterocycles. The lowest BCUT2D eigenvalue weighted by atomic mass is 10.3. The summed E-state index contributed by atoms with van der Waals surface area (Å²) in [5, 5.41) is 9.57. The lowest BCUT2D eigenvalue weighted by Crippen LogP contribution is -2.17. The van der Waals surface area contributed by atoms with Gasteiger partial charge in [0.1, 0.15) is 11.4 Å². The predicted molar refractivity (Wildman–Crippen MR) is 80.7 cm³/mol. The van der Waals surface area contributed by atoms with E-state index in [-0.39, 0.29) is 22.3 Å². The highest BCUT2D eigenvalue weighted by molar-refractivity contribution is 8.14. The molecule has 0 fully saturated rings. The zero-order chi connectivity index (χ0) is 17.7. The van der Waals surface area contributed by atoms with Gasteiger partial charge in [-0.25, -0.2) is 0 Å². The molecule has 0 unspecified atom stereocenters. The van der Waals surface area contributed by atoms with Crippen molar-refractivity contribution in [2.45, 2.75) is 6.36 Å². The summed E-state index contributed by atoms with van der Waals surface area (Å²) in [6.07, 6.45) is -4.78. The standard InChI is InChI=1S/C13H9F3N4O3S/c1-7-11(22)18-12(20-19-7)24-6-10(21)17-8-2-4-9(5-3-8)23-13(14,15)16/h2-5H,1,6H2,(H,17,21). The normalized spacial score (nSPS) is 14.4. The largest absolute Gasteiger partial charge is 0.573 e. The van der Waals surface area contributed by atoms with Crippen LogP contribution in [0.3, 0.4) is 0 Å². The van der Waals surface area contributed by atoms with Crippen LogP contribution >= 0.6 is 11.8 Å². The van der Waals surface area contributed by atoms with E-state index in [4.69, 9.17) is 0 Å². The number of hydrogen-bond donors (Lipinski definition) is 1. The molecule has 0 aliphatic carbocycles. The van der Waals surface area contributed by atoms with Crippen LogP contribution in [0, 0.1) is 0 Å². The van der Waals surface area contributed by atoms with Gasteiger partial charge in [0.25, 0.3) is 5.91 Å². The fraction of sp³-hybridized carbons (Fsp3) is 0.154. The number of thioether (sulfide) groups is 1. The minimum atomic E-state index is -4.78. The number of azo groups is 1. The summed E-state index contributed by atoms with van der Waals surface area (Å²) >= 11 is 0.884. The molecule has 0 aromatic heterocycles. The zero-order valence-electron chi connectivity index (χ0n) is 11.8. The van der Waals surface area contributed by atoms with Crippen molar-refractivity contribution in [3.63, 3.8) is 0 Å². The molecule has 1 N–H and O–H groups in total. The molecule has 24 heavy (non-hydrogen) atoms. The maximum atomic E-state index is 12.0. The molecular formula is C13H9F3N4O3S. The maximum absolute atomic E-state index is 12.0. The average molecular weight is 358 g/mol. The summed E-state index contributed by atoms with van der Waals surface area (Å²) in [5.74, 6) is -1.60. The van der Waals surface area contributed by atoms with Gasteiger partial charge in [-0.05, 0) is 24.3 Å². The second-order valence-corrected chi connectivity index (χ2v) is 5.20. The van der Waals surface area contributed by atoms with E-state index in [1.54, 1.807) is 0 Å². The van der Waals surface area contributed by atoms with Gasteiger partial charge < -0.3 is 10.1 Å². The molecule has 0 spiro atoms. The number of hydrogen-bond acceptors (Lipinski definition) is 6. The van der Waals surface area contributed by atoms with Crippen molar-refractivity contribution >= 4 is 34.4 Å². The van der Waals surface area contributed by atoms with Gasteiger partial charge in [0, 0.05) is 5.69 Å². The SMILES string of the molecule is C=C1N=NC(SCC(=O)Nc2ccc(OC(F)(F)F)cc2)=NC1=O. The van der Waals surface area contributed by atoms with Crippen molar-refractivity contribution in [2.24, 2.45) is 15.2 Å². The van der Waals surface area contributed by atoms with Crippen molar-refractivity contribution < 1.29 is 27.5 Å². The van der Waals surface area contributed by atoms with Gasteiger partial charge in [0.05, 0.1) is 5.75 Å². The molecule has 0 radical (unpaired) electrons. The van der Waals surface area contributed by atoms with E-state index in [1.165, 1.54) is 12.1 Å². The van der Waals surface area contributed by atoms with Gasteiger partial charge in [-0.3, -0.25) is 9.59 Å². The van der Waals surface area contributed by atoms with E-state index in [2.05, 4.69) is 31.9 Å². The third kappa shape index (κ3) is 5.50. The summed E-state index contributed by atoms with van der Waals surface area (Å²) in [6.45, 7) is 3.32. The minimum absolute atomic E-state index is 0.0245. The molecule has 0 saturated carbocycles. The van der Waals surface area contributed by atoms with Crippen LogP contribution in [-0.4, -0.2) is 29.1 Å². The number of carbonyl (C=O) groups excluding carboxylic acids is 2. The Hall–Kier alpha value is -2.69. The van der Waals surface area contributed by atoms with E-state index in [1.807, 2.05) is 0 Å². The summed E-state index contributed by atoms with van der Waals surface area (Å²) in [4.78, 5) is 26.5. The summed E-state index contributed by atoms with van der Waals surface area (Å²) in [7, 11) is 0. The molecule has 1 aromatic carbocycles. The Balaban J connectivity index is 1.84. The molecule has 2 rings (SSSR count). The smallest absolute Gasteiger partial charge is 0.406 e. The van der Waals surface area contributed by atoms with E-state index in [0.717, 1.165) is 23.9 Å². The Morgan fingerprint density at radius 1 is 1.25 bits per heavy atom. The van der Waals surface area contributed by atoms with Gasteiger partial charge in [-0.15, -0.1) is 23.4 Å². The summed E-state index contributed by atoms with van der Waals surface area (Å²) in [5.41, 5.74) is 0.191. The third-order valence-electron chi connectivity index (χ3n) is 2.40. The minimum Gasteiger partial charge on any atom is -0.406 e. The summed E-state index contributed by atoms with van der Waals surface area (Å²) < 4.78 is 39.8. The topological polar surface area (TPSA) is 92.5 Å². The van der Waals surface area contributed by atoms with E-state index in [0.29, 0.717) is 0 Å². The third-order valence-corrected chi connectivity index (χ3v) is 3.24. The Bertz CT molecular complexity index is 729. The van der Waals surface area contributed by atoms with Crippen molar-refractivity contribution in [3.8, 4) is 5.75 Å². The first-order valence-electron chi connectivity index (χ1n) is 6.25. The number of alkyl halides is 3. The highest BCUT2D eigenvalue weighted by Crippen LogP contribution is 2.24. The number of nitrogens with zero attached hydrogens (tertiary/aromatic N) is 3. The van der Waals surface area contributed by atoms with Gasteiger partial charge in [0.15, 0.2) is 0 Å². The van der Waals surface area contributed by atoms with Gasteiger partial charge in [-0.1, -0.05) is 18.3 Å². The number of anilines is 1. The second-order valence-electron chi connectivity index (χ2n) is 4.26. The van der Waals surface area contributed by atoms with Crippen LogP contribution < -0.4 is 10.1 Å². The van der Waals surface area contributed by atoms with E-state index in [9.17, 15) is 22.8 Å². The molecular weight excluding hydrogens is 349 g/mol. The fourth-order valence-electron chi connectivity index (χ4n) is 1.45. The Morgan fingerprint density at radius 3 is 2.50 bits per heavy atom. The molecule has 126 valence electrons. The monoisotopic (exact) mass is 358 g/mol. The highest BCUT2D eigenvalue weighted by atomic mass is 32.2. The van der Waals surface area contributed by atoms with Gasteiger partial charge in [-0.2, -0.15) is 4.99 Å². The number of nitrogens with one attached hydrogen (secondary N) is 1. The van der Waals surface area contributed by atoms with Crippen LogP contribution in [0.5, 0.6) is 5.75 Å². The lowest BCUT2D eigenvalue weighted by molar-refractivity contribution is -0.274. The predicted octanol–water partition coefficient (Wildman–Crippen LogP) is 3.12. The molecule has 11 heteroatoms. The second kappa shape index (κ2) is 7.25. The van der Waals surface area contributed by atoms with E-state index >= 15 is 0 Å². The molecule has 1 aliphatic rings. The van der Waals surface area contributed by atoms with Crippen molar-refractivity contribution in [3.05, 3.63) is 36.5 Å². The zero-order valence-corrected chi connectivity index (χ0v) is 12.6. The maximum Gasteiger partial charge on any atom is 0.573 e. The van der Waals surface area contributed by atoms with Crippen LogP contribution in [0.4, 0.5) is 18.9 Å². The summed E-state index contributed by atoms with van der Waals surface area (Å²) in [6, 6.07) is 4.66. The highest BCUT2D eigenvalue weighted by Gasteiger charge is 2.30. The Labute approximate surface area is 137 Å². The molecule has 0 bridgehead atoms. The van der Waals surface area contributed by atoms with Crippen molar-refractivity contribution in [1.82, 2.24) is 0 Å². The Kier molecular flexibility index (Phi) is 5.34. The molecule has 2 amide bonds. The molecule has 7 nitrogen and oxygen atoms in total. The number of halogens is 3. The number of ether oxygens (including phenoxy) is 1. The van der Waals surface area contributed by atoms with Gasteiger partial charge >= 0.3 is 6.36 Å². The molecule has 1 aliphatic heterocycles. The number of benzene rings is 1. The van der Waals surface area contributed by atoms with Gasteiger partial charge in [0.2, 0.25) is 11.1 Å². The molecule has 1 heterocycles. The Morgan fingerprint density at radius 2 is 1.92 bits per heavy atom. The number of carbonyl (C=O) groups is 2. The lowest BCUT2D eigenvalue weighted by Gasteiger charge is -2.10. The number of amides is 2. The fourth-order valence-corrected chi connectivity index (χ4v) is 2.03. The number of aliphatic imine (C=N–C) groups is 1. The molecule has 0 atom stereocenters. The number of rotatable bonds is 4. The quantitative estimate of drug-likeness (QED) is 0.837. The first-order chi connectivity index (χ1) is 11.2. The van der Waals surface area contributed by atoms with Crippen LogP contribution in [0.25, 0.3) is 0 Å². The number of amidine groups is 1. The van der Waals surface area contributed by atoms with Crippen LogP contribution in [0.2, 0.25) is 0 Å². The van der Waals surface area contributed by atoms with Crippen molar-refractivity contribution in [1.29, 1.82) is 0 Å². The van der Waals surface area contributed by atoms with Crippen LogP contribution in [0.1, 0.15) is 0 Å². The average Bonchev–Trinajstić information content (AvgIpc) is 2.49. The van der Waals surface area contributed by atoms with Crippen LogP contribution in [0.15, 0.2) is 51.8 Å². The van der Waals surface area contributed by atoms with Crippen LogP contribution in [-0.2, 0) is 9.59 Å².